The summed E-state index contributed by atoms with van der Waals surface area (Å²) < 4.78 is 12.9. The van der Waals surface area contributed by atoms with Gasteiger partial charge in [0.15, 0.2) is 11.3 Å². The summed E-state index contributed by atoms with van der Waals surface area (Å²) in [5.74, 6) is 1.07. The fraction of sp³-hybridized carbons (Fsp3) is 0.130. The molecule has 0 saturated heterocycles. The van der Waals surface area contributed by atoms with Crippen LogP contribution in [0.4, 0.5) is 0 Å². The Balaban J connectivity index is 1.41. The van der Waals surface area contributed by atoms with Crippen molar-refractivity contribution >= 4 is 23.0 Å². The molecule has 146 valence electrons. The lowest BCUT2D eigenvalue weighted by molar-refractivity contribution is -0.116. The average molecular weight is 387 g/mol. The molecule has 1 amide bonds. The Labute approximate surface area is 168 Å². The van der Waals surface area contributed by atoms with E-state index in [1.165, 1.54) is 6.08 Å². The van der Waals surface area contributed by atoms with E-state index in [4.69, 9.17) is 9.15 Å². The fourth-order valence-corrected chi connectivity index (χ4v) is 3.15. The Morgan fingerprint density at radius 2 is 2.03 bits per heavy atom. The van der Waals surface area contributed by atoms with Crippen LogP contribution in [0.2, 0.25) is 0 Å². The molecule has 0 atom stereocenters. The van der Waals surface area contributed by atoms with Crippen LogP contribution in [-0.4, -0.2) is 22.8 Å². The Bertz CT molecular complexity index is 1140. The van der Waals surface area contributed by atoms with E-state index in [0.29, 0.717) is 30.2 Å². The van der Waals surface area contributed by atoms with Crippen molar-refractivity contribution in [2.45, 2.75) is 13.1 Å². The normalized spacial score (nSPS) is 11.2. The number of nitrogens with zero attached hydrogens (tertiary/aromatic N) is 2. The first kappa shape index (κ1) is 18.6. The number of hydrogen-bond donors (Lipinski definition) is 1. The highest BCUT2D eigenvalue weighted by Gasteiger charge is 2.08. The highest BCUT2D eigenvalue weighted by atomic mass is 16.5. The van der Waals surface area contributed by atoms with E-state index in [-0.39, 0.29) is 5.91 Å². The SMILES string of the molecule is COc1cccc2cc(/C=C/C(=O)NCc3ccccc3Cn3cccn3)oc12. The Hall–Kier alpha value is -3.80. The molecule has 0 radical (unpaired) electrons. The number of carbonyl (C=O) groups is 1. The predicted octanol–water partition coefficient (Wildman–Crippen LogP) is 4.02. The van der Waals surface area contributed by atoms with Crippen molar-refractivity contribution < 1.29 is 13.9 Å². The van der Waals surface area contributed by atoms with Crippen LogP contribution in [0.25, 0.3) is 17.0 Å². The number of rotatable bonds is 7. The second-order valence-electron chi connectivity index (χ2n) is 6.55. The molecule has 6 nitrogen and oxygen atoms in total. The summed E-state index contributed by atoms with van der Waals surface area (Å²) in [6.07, 6.45) is 6.80. The first-order valence-electron chi connectivity index (χ1n) is 9.29. The zero-order chi connectivity index (χ0) is 20.1. The number of ether oxygens (including phenoxy) is 1. The molecule has 0 aliphatic rings. The second-order valence-corrected chi connectivity index (χ2v) is 6.55. The molecular formula is C23H21N3O3. The van der Waals surface area contributed by atoms with E-state index >= 15 is 0 Å². The third-order valence-electron chi connectivity index (χ3n) is 4.61. The standard InChI is InChI=1S/C23H21N3O3/c1-28-21-9-4-8-17-14-20(29-23(17)21)10-11-22(27)24-15-18-6-2-3-7-19(18)16-26-13-5-12-25-26/h2-14H,15-16H2,1H3,(H,24,27)/b11-10+. The number of hydrogen-bond acceptors (Lipinski definition) is 4. The van der Waals surface area contributed by atoms with Gasteiger partial charge >= 0.3 is 0 Å². The minimum atomic E-state index is -0.189. The quantitative estimate of drug-likeness (QED) is 0.487. The minimum Gasteiger partial charge on any atom is -0.493 e. The Morgan fingerprint density at radius 1 is 1.17 bits per heavy atom. The van der Waals surface area contributed by atoms with Crippen LogP contribution < -0.4 is 10.1 Å². The van der Waals surface area contributed by atoms with Crippen LogP contribution in [0.1, 0.15) is 16.9 Å². The third kappa shape index (κ3) is 4.38. The summed E-state index contributed by atoms with van der Waals surface area (Å²) in [4.78, 5) is 12.3. The van der Waals surface area contributed by atoms with E-state index < -0.39 is 0 Å². The molecule has 1 N–H and O–H groups in total. The van der Waals surface area contributed by atoms with Gasteiger partial charge in [0.2, 0.25) is 5.91 Å². The maximum atomic E-state index is 12.3. The van der Waals surface area contributed by atoms with Crippen LogP contribution in [0.3, 0.4) is 0 Å². The van der Waals surface area contributed by atoms with Crippen molar-refractivity contribution in [3.05, 3.63) is 90.0 Å². The number of nitrogens with one attached hydrogen (secondary N) is 1. The van der Waals surface area contributed by atoms with E-state index in [9.17, 15) is 4.79 Å². The lowest BCUT2D eigenvalue weighted by Gasteiger charge is -2.10. The number of benzene rings is 2. The van der Waals surface area contributed by atoms with Gasteiger partial charge < -0.3 is 14.5 Å². The molecule has 0 fully saturated rings. The zero-order valence-corrected chi connectivity index (χ0v) is 16.0. The van der Waals surface area contributed by atoms with Crippen LogP contribution in [0.15, 0.2) is 77.5 Å². The van der Waals surface area contributed by atoms with Crippen molar-refractivity contribution in [2.75, 3.05) is 7.11 Å². The number of furan rings is 1. The van der Waals surface area contributed by atoms with Crippen molar-refractivity contribution in [2.24, 2.45) is 0 Å². The van der Waals surface area contributed by atoms with Crippen molar-refractivity contribution in [1.82, 2.24) is 15.1 Å². The van der Waals surface area contributed by atoms with Crippen molar-refractivity contribution in [1.29, 1.82) is 0 Å². The number of para-hydroxylation sites is 1. The summed E-state index contributed by atoms with van der Waals surface area (Å²) in [7, 11) is 1.60. The molecule has 2 aromatic heterocycles. The van der Waals surface area contributed by atoms with Crippen LogP contribution >= 0.6 is 0 Å². The number of fused-ring (bicyclic) bond motifs is 1. The molecule has 2 heterocycles. The summed E-state index contributed by atoms with van der Waals surface area (Å²) in [5, 5.41) is 8.09. The molecule has 0 bridgehead atoms. The molecule has 0 saturated carbocycles. The molecule has 0 aliphatic heterocycles. The average Bonchev–Trinajstić information content (AvgIpc) is 3.40. The smallest absolute Gasteiger partial charge is 0.244 e. The molecule has 4 aromatic rings. The summed E-state index contributed by atoms with van der Waals surface area (Å²) in [5.41, 5.74) is 2.84. The van der Waals surface area contributed by atoms with Gasteiger partial charge in [0, 0.05) is 30.4 Å². The lowest BCUT2D eigenvalue weighted by Crippen LogP contribution is -2.21. The van der Waals surface area contributed by atoms with E-state index in [2.05, 4.69) is 10.4 Å². The van der Waals surface area contributed by atoms with Gasteiger partial charge in [0.05, 0.1) is 13.7 Å². The molecule has 2 aromatic carbocycles. The van der Waals surface area contributed by atoms with Crippen molar-refractivity contribution in [3.63, 3.8) is 0 Å². The summed E-state index contributed by atoms with van der Waals surface area (Å²) in [6, 6.07) is 17.4. The largest absolute Gasteiger partial charge is 0.493 e. The number of aromatic nitrogens is 2. The maximum Gasteiger partial charge on any atom is 0.244 e. The highest BCUT2D eigenvalue weighted by Crippen LogP contribution is 2.28. The zero-order valence-electron chi connectivity index (χ0n) is 16.0. The van der Waals surface area contributed by atoms with E-state index in [1.807, 2.05) is 65.5 Å². The molecule has 6 heteroatoms. The van der Waals surface area contributed by atoms with Gasteiger partial charge in [-0.1, -0.05) is 36.4 Å². The van der Waals surface area contributed by atoms with Gasteiger partial charge in [-0.25, -0.2) is 0 Å². The molecule has 0 aliphatic carbocycles. The van der Waals surface area contributed by atoms with E-state index in [0.717, 1.165) is 16.5 Å². The topological polar surface area (TPSA) is 69.3 Å². The maximum absolute atomic E-state index is 12.3. The first-order chi connectivity index (χ1) is 14.2. The van der Waals surface area contributed by atoms with E-state index in [1.54, 1.807) is 19.4 Å². The van der Waals surface area contributed by atoms with Gasteiger partial charge in [-0.15, -0.1) is 0 Å². The van der Waals surface area contributed by atoms with Crippen LogP contribution in [-0.2, 0) is 17.9 Å². The first-order valence-corrected chi connectivity index (χ1v) is 9.29. The van der Waals surface area contributed by atoms with Crippen LogP contribution in [0, 0.1) is 0 Å². The molecule has 4 rings (SSSR count). The third-order valence-corrected chi connectivity index (χ3v) is 4.61. The van der Waals surface area contributed by atoms with Gasteiger partial charge in [0.25, 0.3) is 0 Å². The molecule has 29 heavy (non-hydrogen) atoms. The molecule has 0 unspecified atom stereocenters. The number of amides is 1. The highest BCUT2D eigenvalue weighted by molar-refractivity contribution is 5.92. The second kappa shape index (κ2) is 8.48. The van der Waals surface area contributed by atoms with Crippen molar-refractivity contribution in [3.8, 4) is 5.75 Å². The van der Waals surface area contributed by atoms with Gasteiger partial charge in [-0.2, -0.15) is 5.10 Å². The fourth-order valence-electron chi connectivity index (χ4n) is 3.15. The monoisotopic (exact) mass is 387 g/mol. The Kier molecular flexibility index (Phi) is 5.42. The summed E-state index contributed by atoms with van der Waals surface area (Å²) >= 11 is 0. The minimum absolute atomic E-state index is 0.189. The molecular weight excluding hydrogens is 366 g/mol. The predicted molar refractivity (Wildman–Crippen MR) is 111 cm³/mol. The van der Waals surface area contributed by atoms with Gasteiger partial charge in [-0.3, -0.25) is 9.48 Å². The number of carbonyl (C=O) groups excluding carboxylic acids is 1. The Morgan fingerprint density at radius 3 is 2.83 bits per heavy atom. The summed E-state index contributed by atoms with van der Waals surface area (Å²) in [6.45, 7) is 1.10. The number of methoxy groups -OCH3 is 1. The van der Waals surface area contributed by atoms with Crippen LogP contribution in [0.5, 0.6) is 5.75 Å². The van der Waals surface area contributed by atoms with Gasteiger partial charge in [-0.05, 0) is 35.4 Å². The molecule has 0 spiro atoms. The van der Waals surface area contributed by atoms with Gasteiger partial charge in [0.1, 0.15) is 5.76 Å². The lowest BCUT2D eigenvalue weighted by atomic mass is 10.1.